The van der Waals surface area contributed by atoms with Crippen molar-refractivity contribution in [3.05, 3.63) is 21.9 Å². The van der Waals surface area contributed by atoms with Gasteiger partial charge < -0.3 is 5.32 Å². The molecule has 0 aliphatic rings. The van der Waals surface area contributed by atoms with Crippen molar-refractivity contribution in [1.29, 1.82) is 5.26 Å². The minimum Gasteiger partial charge on any atom is -0.311 e. The van der Waals surface area contributed by atoms with Gasteiger partial charge in [-0.3, -0.25) is 4.21 Å². The van der Waals surface area contributed by atoms with Crippen molar-refractivity contribution in [2.75, 3.05) is 12.8 Å². The molecule has 1 aromatic rings. The summed E-state index contributed by atoms with van der Waals surface area (Å²) in [7, 11) is -0.776. The van der Waals surface area contributed by atoms with E-state index in [1.54, 1.807) is 6.26 Å². The Kier molecular flexibility index (Phi) is 4.95. The molecule has 1 rings (SSSR count). The van der Waals surface area contributed by atoms with E-state index in [9.17, 15) is 4.21 Å². The van der Waals surface area contributed by atoms with Gasteiger partial charge in [-0.05, 0) is 19.1 Å². The Morgan fingerprint density at radius 2 is 2.40 bits per heavy atom. The van der Waals surface area contributed by atoms with Crippen LogP contribution in [0.25, 0.3) is 0 Å². The molecule has 0 fully saturated rings. The predicted octanol–water partition coefficient (Wildman–Crippen LogP) is 1.48. The highest BCUT2D eigenvalue weighted by Gasteiger charge is 2.05. The van der Waals surface area contributed by atoms with Crippen LogP contribution < -0.4 is 5.32 Å². The number of rotatable bonds is 5. The van der Waals surface area contributed by atoms with Crippen molar-refractivity contribution in [3.63, 3.8) is 0 Å². The van der Waals surface area contributed by atoms with Crippen LogP contribution in [0.15, 0.2) is 12.1 Å². The fraction of sp³-hybridized carbons (Fsp3) is 0.500. The van der Waals surface area contributed by atoms with E-state index < -0.39 is 10.8 Å². The van der Waals surface area contributed by atoms with Gasteiger partial charge in [-0.1, -0.05) is 0 Å². The van der Waals surface area contributed by atoms with Gasteiger partial charge in [0.25, 0.3) is 0 Å². The number of hydrogen-bond donors (Lipinski definition) is 1. The van der Waals surface area contributed by atoms with E-state index in [1.165, 1.54) is 11.3 Å². The zero-order valence-electron chi connectivity index (χ0n) is 8.82. The lowest BCUT2D eigenvalue weighted by atomic mass is 10.4. The first kappa shape index (κ1) is 12.4. The minimum atomic E-state index is -0.776. The third-order valence-corrected chi connectivity index (χ3v) is 4.36. The number of nitrogens with one attached hydrogen (secondary N) is 1. The van der Waals surface area contributed by atoms with Crippen molar-refractivity contribution >= 4 is 22.1 Å². The van der Waals surface area contributed by atoms with Crippen LogP contribution in [-0.4, -0.2) is 22.3 Å². The number of thiophene rings is 1. The van der Waals surface area contributed by atoms with Gasteiger partial charge in [0.1, 0.15) is 10.9 Å². The van der Waals surface area contributed by atoms with E-state index in [0.717, 1.165) is 22.8 Å². The van der Waals surface area contributed by atoms with Gasteiger partial charge in [0, 0.05) is 40.3 Å². The molecule has 0 aromatic carbocycles. The first-order chi connectivity index (χ1) is 7.13. The lowest BCUT2D eigenvalue weighted by molar-refractivity contribution is 0.650. The second-order valence-electron chi connectivity index (χ2n) is 3.32. The van der Waals surface area contributed by atoms with Gasteiger partial charge in [0.05, 0.1) is 0 Å². The highest BCUT2D eigenvalue weighted by Crippen LogP contribution is 2.14. The molecule has 82 valence electrons. The summed E-state index contributed by atoms with van der Waals surface area (Å²) in [6, 6.07) is 5.88. The molecule has 1 N–H and O–H groups in total. The van der Waals surface area contributed by atoms with Crippen LogP contribution in [-0.2, 0) is 17.3 Å². The molecular formula is C10H14N2OS2. The van der Waals surface area contributed by atoms with Gasteiger partial charge in [-0.2, -0.15) is 5.26 Å². The maximum atomic E-state index is 11.1. The van der Waals surface area contributed by atoms with Gasteiger partial charge in [-0.15, -0.1) is 11.3 Å². The number of nitrogens with zero attached hydrogens (tertiary/aromatic N) is 1. The van der Waals surface area contributed by atoms with Crippen molar-refractivity contribution in [1.82, 2.24) is 5.32 Å². The molecule has 0 spiro atoms. The average Bonchev–Trinajstić information content (AvgIpc) is 2.65. The molecule has 0 bridgehead atoms. The van der Waals surface area contributed by atoms with E-state index in [4.69, 9.17) is 5.26 Å². The Labute approximate surface area is 96.6 Å². The molecule has 1 heterocycles. The molecule has 0 aliphatic carbocycles. The second-order valence-corrected chi connectivity index (χ2v) is 6.29. The lowest BCUT2D eigenvalue weighted by Crippen LogP contribution is -2.26. The topological polar surface area (TPSA) is 52.9 Å². The highest BCUT2D eigenvalue weighted by atomic mass is 32.2. The summed E-state index contributed by atoms with van der Waals surface area (Å²) in [6.07, 6.45) is 1.71. The monoisotopic (exact) mass is 242 g/mol. The van der Waals surface area contributed by atoms with Crippen molar-refractivity contribution < 1.29 is 4.21 Å². The SMILES string of the molecule is CC(CNCc1ccc(C#N)s1)S(C)=O. The standard InChI is InChI=1S/C10H14N2OS2/c1-8(15(2)13)6-12-7-10-4-3-9(5-11)14-10/h3-4,8,12H,6-7H2,1-2H3. The third-order valence-electron chi connectivity index (χ3n) is 2.07. The molecule has 0 aliphatic heterocycles. The number of nitriles is 1. The fourth-order valence-corrected chi connectivity index (χ4v) is 2.18. The Bertz CT molecular complexity index is 381. The second kappa shape index (κ2) is 6.01. The summed E-state index contributed by atoms with van der Waals surface area (Å²) < 4.78 is 11.1. The van der Waals surface area contributed by atoms with Gasteiger partial charge in [-0.25, -0.2) is 0 Å². The van der Waals surface area contributed by atoms with Crippen molar-refractivity contribution in [2.24, 2.45) is 0 Å². The molecule has 2 atom stereocenters. The van der Waals surface area contributed by atoms with Gasteiger partial charge >= 0.3 is 0 Å². The molecule has 0 radical (unpaired) electrons. The first-order valence-electron chi connectivity index (χ1n) is 4.65. The Morgan fingerprint density at radius 1 is 1.67 bits per heavy atom. The Balaban J connectivity index is 2.32. The number of hydrogen-bond acceptors (Lipinski definition) is 4. The summed E-state index contributed by atoms with van der Waals surface area (Å²) in [5.41, 5.74) is 0. The van der Waals surface area contributed by atoms with Crippen LogP contribution in [0.2, 0.25) is 0 Å². The molecule has 0 saturated carbocycles. The summed E-state index contributed by atoms with van der Waals surface area (Å²) in [4.78, 5) is 1.87. The van der Waals surface area contributed by atoms with Crippen molar-refractivity contribution in [3.8, 4) is 6.07 Å². The normalized spacial score (nSPS) is 14.5. The maximum absolute atomic E-state index is 11.1. The summed E-state index contributed by atoms with van der Waals surface area (Å²) in [6.45, 7) is 3.44. The maximum Gasteiger partial charge on any atom is 0.110 e. The average molecular weight is 242 g/mol. The lowest BCUT2D eigenvalue weighted by Gasteiger charge is -2.08. The Morgan fingerprint density at radius 3 is 2.93 bits per heavy atom. The van der Waals surface area contributed by atoms with Crippen LogP contribution in [0.3, 0.4) is 0 Å². The molecule has 1 aromatic heterocycles. The highest BCUT2D eigenvalue weighted by molar-refractivity contribution is 7.84. The van der Waals surface area contributed by atoms with E-state index in [-0.39, 0.29) is 5.25 Å². The van der Waals surface area contributed by atoms with Gasteiger partial charge in [0.15, 0.2) is 0 Å². The van der Waals surface area contributed by atoms with Crippen molar-refractivity contribution in [2.45, 2.75) is 18.7 Å². The summed E-state index contributed by atoms with van der Waals surface area (Å²) in [5.74, 6) is 0. The van der Waals surface area contributed by atoms with Crippen LogP contribution in [0, 0.1) is 11.3 Å². The minimum absolute atomic E-state index is 0.167. The molecular weight excluding hydrogens is 228 g/mol. The van der Waals surface area contributed by atoms with Crippen LogP contribution in [0.1, 0.15) is 16.7 Å². The zero-order valence-corrected chi connectivity index (χ0v) is 10.5. The Hall–Kier alpha value is -0.700. The van der Waals surface area contributed by atoms with Crippen LogP contribution in [0.5, 0.6) is 0 Å². The molecule has 0 saturated heterocycles. The molecule has 5 heteroatoms. The van der Waals surface area contributed by atoms with E-state index in [0.29, 0.717) is 0 Å². The quantitative estimate of drug-likeness (QED) is 0.851. The van der Waals surface area contributed by atoms with Crippen LogP contribution >= 0.6 is 11.3 Å². The van der Waals surface area contributed by atoms with E-state index in [2.05, 4.69) is 11.4 Å². The first-order valence-corrected chi connectivity index (χ1v) is 7.09. The van der Waals surface area contributed by atoms with Crippen LogP contribution in [0.4, 0.5) is 0 Å². The third kappa shape index (κ3) is 4.12. The summed E-state index contributed by atoms with van der Waals surface area (Å²) >= 11 is 1.49. The van der Waals surface area contributed by atoms with E-state index >= 15 is 0 Å². The zero-order chi connectivity index (χ0) is 11.3. The summed E-state index contributed by atoms with van der Waals surface area (Å²) in [5, 5.41) is 12.0. The molecule has 3 nitrogen and oxygen atoms in total. The largest absolute Gasteiger partial charge is 0.311 e. The smallest absolute Gasteiger partial charge is 0.110 e. The van der Waals surface area contributed by atoms with Gasteiger partial charge in [0.2, 0.25) is 0 Å². The fourth-order valence-electron chi connectivity index (χ4n) is 1.05. The molecule has 0 amide bonds. The molecule has 2 unspecified atom stereocenters. The predicted molar refractivity (Wildman–Crippen MR) is 64.3 cm³/mol. The molecule has 15 heavy (non-hydrogen) atoms. The van der Waals surface area contributed by atoms with E-state index in [1.807, 2.05) is 19.1 Å².